The number of thioether (sulfide) groups is 1. The average molecular weight is 254 g/mol. The van der Waals surface area contributed by atoms with Gasteiger partial charge in [-0.15, -0.1) is 0 Å². The Morgan fingerprint density at radius 3 is 2.69 bits per heavy atom. The summed E-state index contributed by atoms with van der Waals surface area (Å²) >= 11 is 1.59. The van der Waals surface area contributed by atoms with Crippen molar-refractivity contribution >= 4 is 16.9 Å². The fourth-order valence-corrected chi connectivity index (χ4v) is 2.53. The molecule has 0 aromatic rings. The number of amidine groups is 1. The largest absolute Gasteiger partial charge is 0.389 e. The summed E-state index contributed by atoms with van der Waals surface area (Å²) in [6.45, 7) is 4.42. The lowest BCUT2D eigenvalue weighted by molar-refractivity contribution is -0.134. The summed E-state index contributed by atoms with van der Waals surface area (Å²) in [5.74, 6) is 0.932. The van der Waals surface area contributed by atoms with Crippen LogP contribution in [0.1, 0.15) is 33.1 Å². The van der Waals surface area contributed by atoms with Crippen LogP contribution in [0.3, 0.4) is 0 Å². The van der Waals surface area contributed by atoms with E-state index < -0.39 is 12.6 Å². The van der Waals surface area contributed by atoms with E-state index in [2.05, 4.69) is 24.2 Å². The summed E-state index contributed by atoms with van der Waals surface area (Å²) in [7, 11) is 0. The Kier molecular flexibility index (Phi) is 4.52. The normalized spacial score (nSPS) is 28.4. The minimum Gasteiger partial charge on any atom is -0.359 e. The first-order chi connectivity index (χ1) is 7.35. The van der Waals surface area contributed by atoms with E-state index in [9.17, 15) is 13.2 Å². The molecule has 6 heteroatoms. The lowest BCUT2D eigenvalue weighted by Gasteiger charge is -2.20. The highest BCUT2D eigenvalue weighted by atomic mass is 32.2. The third kappa shape index (κ3) is 4.63. The molecule has 1 fully saturated rings. The monoisotopic (exact) mass is 254 g/mol. The van der Waals surface area contributed by atoms with Crippen LogP contribution in [0.2, 0.25) is 0 Å². The van der Waals surface area contributed by atoms with Crippen molar-refractivity contribution in [1.29, 1.82) is 0 Å². The van der Waals surface area contributed by atoms with Gasteiger partial charge in [-0.25, -0.2) is 0 Å². The zero-order valence-corrected chi connectivity index (χ0v) is 10.3. The van der Waals surface area contributed by atoms with Crippen molar-refractivity contribution in [2.24, 2.45) is 4.99 Å². The smallest absolute Gasteiger partial charge is 0.359 e. The summed E-state index contributed by atoms with van der Waals surface area (Å²) in [5.41, 5.74) is 0.0491. The first kappa shape index (κ1) is 13.7. The summed E-state index contributed by atoms with van der Waals surface area (Å²) in [6, 6.07) is 0. The minimum atomic E-state index is -4.06. The summed E-state index contributed by atoms with van der Waals surface area (Å²) < 4.78 is 35.6. The second kappa shape index (κ2) is 5.29. The molecule has 94 valence electrons. The zero-order chi connectivity index (χ0) is 12.2. The SMILES string of the molecule is CCC1(C)CSC(=NCCCC(F)(F)F)N1. The number of alkyl halides is 3. The Morgan fingerprint density at radius 1 is 1.50 bits per heavy atom. The third-order valence-corrected chi connectivity index (χ3v) is 3.88. The standard InChI is InChI=1S/C10H17F3N2S/c1-3-9(2)7-16-8(15-9)14-6-4-5-10(11,12)13/h3-7H2,1-2H3,(H,14,15). The molecule has 0 spiro atoms. The van der Waals surface area contributed by atoms with Crippen LogP contribution < -0.4 is 5.32 Å². The number of nitrogens with zero attached hydrogens (tertiary/aromatic N) is 1. The molecule has 0 amide bonds. The fourth-order valence-electron chi connectivity index (χ4n) is 1.29. The predicted octanol–water partition coefficient (Wildman–Crippen LogP) is 3.19. The molecule has 1 saturated heterocycles. The molecule has 1 N–H and O–H groups in total. The molecule has 0 saturated carbocycles. The number of rotatable bonds is 4. The topological polar surface area (TPSA) is 24.4 Å². The van der Waals surface area contributed by atoms with Gasteiger partial charge in [-0.1, -0.05) is 18.7 Å². The van der Waals surface area contributed by atoms with Gasteiger partial charge in [0.15, 0.2) is 5.17 Å². The van der Waals surface area contributed by atoms with Gasteiger partial charge in [0.05, 0.1) is 0 Å². The molecule has 0 aromatic heterocycles. The number of halogens is 3. The van der Waals surface area contributed by atoms with Crippen molar-refractivity contribution in [2.75, 3.05) is 12.3 Å². The van der Waals surface area contributed by atoms with E-state index in [1.807, 2.05) is 0 Å². The summed E-state index contributed by atoms with van der Waals surface area (Å²) in [6.07, 6.45) is -3.76. The summed E-state index contributed by atoms with van der Waals surface area (Å²) in [4.78, 5) is 4.14. The van der Waals surface area contributed by atoms with Crippen LogP contribution in [0.5, 0.6) is 0 Å². The highest BCUT2D eigenvalue weighted by Gasteiger charge is 2.30. The van der Waals surface area contributed by atoms with Gasteiger partial charge in [-0.2, -0.15) is 13.2 Å². The molecule has 2 nitrogen and oxygen atoms in total. The Hall–Kier alpha value is -0.390. The number of hydrogen-bond donors (Lipinski definition) is 1. The third-order valence-electron chi connectivity index (χ3n) is 2.59. The highest BCUT2D eigenvalue weighted by molar-refractivity contribution is 8.14. The van der Waals surface area contributed by atoms with E-state index in [-0.39, 0.29) is 18.5 Å². The van der Waals surface area contributed by atoms with Gasteiger partial charge in [0.25, 0.3) is 0 Å². The van der Waals surface area contributed by atoms with Crippen LogP contribution in [0.15, 0.2) is 4.99 Å². The lowest BCUT2D eigenvalue weighted by Crippen LogP contribution is -2.39. The van der Waals surface area contributed by atoms with Gasteiger partial charge >= 0.3 is 6.18 Å². The van der Waals surface area contributed by atoms with Crippen LogP contribution in [-0.2, 0) is 0 Å². The van der Waals surface area contributed by atoms with Crippen molar-refractivity contribution in [3.63, 3.8) is 0 Å². The molecular formula is C10H17F3N2S. The second-order valence-electron chi connectivity index (χ2n) is 4.23. The van der Waals surface area contributed by atoms with E-state index in [1.165, 1.54) is 0 Å². The minimum absolute atomic E-state index is 0.0491. The maximum absolute atomic E-state index is 11.9. The molecule has 0 aliphatic carbocycles. The molecule has 1 atom stereocenters. The van der Waals surface area contributed by atoms with Crippen molar-refractivity contribution in [2.45, 2.75) is 44.8 Å². The Labute approximate surface area is 98.1 Å². The average Bonchev–Trinajstić information content (AvgIpc) is 2.55. The van der Waals surface area contributed by atoms with E-state index in [1.54, 1.807) is 11.8 Å². The van der Waals surface area contributed by atoms with Gasteiger partial charge in [0.2, 0.25) is 0 Å². The maximum Gasteiger partial charge on any atom is 0.389 e. The van der Waals surface area contributed by atoms with Crippen molar-refractivity contribution in [3.8, 4) is 0 Å². The van der Waals surface area contributed by atoms with E-state index in [4.69, 9.17) is 0 Å². The molecule has 16 heavy (non-hydrogen) atoms. The highest BCUT2D eigenvalue weighted by Crippen LogP contribution is 2.26. The van der Waals surface area contributed by atoms with Crippen molar-refractivity contribution < 1.29 is 13.2 Å². The Balaban J connectivity index is 2.27. The molecule has 1 aliphatic rings. The van der Waals surface area contributed by atoms with Crippen LogP contribution >= 0.6 is 11.8 Å². The van der Waals surface area contributed by atoms with E-state index >= 15 is 0 Å². The van der Waals surface area contributed by atoms with Crippen molar-refractivity contribution in [1.82, 2.24) is 5.32 Å². The van der Waals surface area contributed by atoms with Gasteiger partial charge < -0.3 is 5.32 Å². The van der Waals surface area contributed by atoms with Crippen LogP contribution in [-0.4, -0.2) is 29.2 Å². The molecule has 0 bridgehead atoms. The van der Waals surface area contributed by atoms with Gasteiger partial charge in [-0.3, -0.25) is 4.99 Å². The number of nitrogens with one attached hydrogen (secondary N) is 1. The fraction of sp³-hybridized carbons (Fsp3) is 0.900. The molecular weight excluding hydrogens is 237 g/mol. The van der Waals surface area contributed by atoms with Crippen molar-refractivity contribution in [3.05, 3.63) is 0 Å². The molecule has 1 rings (SSSR count). The molecule has 1 aliphatic heterocycles. The predicted molar refractivity (Wildman–Crippen MR) is 61.9 cm³/mol. The van der Waals surface area contributed by atoms with Gasteiger partial charge in [-0.05, 0) is 19.8 Å². The molecule has 0 radical (unpaired) electrons. The molecule has 1 heterocycles. The lowest BCUT2D eigenvalue weighted by atomic mass is 10.0. The van der Waals surface area contributed by atoms with Crippen LogP contribution in [0, 0.1) is 0 Å². The Bertz CT molecular complexity index is 265. The zero-order valence-electron chi connectivity index (χ0n) is 9.52. The first-order valence-corrected chi connectivity index (χ1v) is 6.35. The first-order valence-electron chi connectivity index (χ1n) is 5.37. The van der Waals surface area contributed by atoms with Gasteiger partial charge in [0, 0.05) is 24.3 Å². The quantitative estimate of drug-likeness (QED) is 0.779. The number of aliphatic imine (C=N–C) groups is 1. The Morgan fingerprint density at radius 2 is 2.19 bits per heavy atom. The second-order valence-corrected chi connectivity index (χ2v) is 5.20. The van der Waals surface area contributed by atoms with E-state index in [0.717, 1.165) is 17.3 Å². The summed E-state index contributed by atoms with van der Waals surface area (Å²) in [5, 5.41) is 4.03. The molecule has 1 unspecified atom stereocenters. The van der Waals surface area contributed by atoms with Crippen LogP contribution in [0.4, 0.5) is 13.2 Å². The maximum atomic E-state index is 11.9. The molecule has 0 aromatic carbocycles. The number of hydrogen-bond acceptors (Lipinski definition) is 2. The van der Waals surface area contributed by atoms with Crippen LogP contribution in [0.25, 0.3) is 0 Å². The van der Waals surface area contributed by atoms with E-state index in [0.29, 0.717) is 0 Å². The van der Waals surface area contributed by atoms with Gasteiger partial charge in [0.1, 0.15) is 0 Å².